The van der Waals surface area contributed by atoms with Gasteiger partial charge < -0.3 is 88.7 Å². The number of hydrogen-bond acceptors (Lipinski definition) is 24. The van der Waals surface area contributed by atoms with Crippen LogP contribution in [0, 0.1) is 5.92 Å². The molecule has 10 N–H and O–H groups in total. The van der Waals surface area contributed by atoms with Crippen molar-refractivity contribution >= 4 is 31.7 Å². The van der Waals surface area contributed by atoms with Crippen LogP contribution < -0.4 is 0 Å². The number of carbonyl (C=O) groups is 4. The van der Waals surface area contributed by atoms with E-state index in [0.717, 1.165) is 161 Å². The Morgan fingerprint density at radius 2 is 0.686 bits per heavy atom. The van der Waals surface area contributed by atoms with Gasteiger partial charge in [-0.05, 0) is 109 Å². The van der Waals surface area contributed by atoms with Crippen molar-refractivity contribution in [3.05, 3.63) is 36.5 Å². The van der Waals surface area contributed by atoms with Gasteiger partial charge in [-0.25, -0.2) is 4.57 Å². The molecule has 3 rings (SSSR count). The van der Waals surface area contributed by atoms with Crippen LogP contribution in [0.5, 0.6) is 0 Å². The third-order valence-electron chi connectivity index (χ3n) is 23.0. The number of rotatable bonds is 75. The summed E-state index contributed by atoms with van der Waals surface area (Å²) in [6.45, 7) is 7.86. The van der Waals surface area contributed by atoms with Crippen LogP contribution >= 0.6 is 7.82 Å². The molecule has 0 bridgehead atoms. The van der Waals surface area contributed by atoms with Crippen molar-refractivity contribution < 1.29 is 122 Å². The molecule has 690 valence electrons. The minimum absolute atomic E-state index is 0.00655. The topological polar surface area (TPSA) is 380 Å². The zero-order valence-electron chi connectivity index (χ0n) is 73.6. The largest absolute Gasteiger partial charge is 0.472 e. The molecule has 1 aliphatic carbocycles. The van der Waals surface area contributed by atoms with Gasteiger partial charge in [-0.15, -0.1) is 0 Å². The predicted octanol–water partition coefficient (Wildman–Crippen LogP) is 17.4. The van der Waals surface area contributed by atoms with Gasteiger partial charge >= 0.3 is 31.7 Å². The first-order valence-corrected chi connectivity index (χ1v) is 48.6. The van der Waals surface area contributed by atoms with Crippen LogP contribution in [0.3, 0.4) is 0 Å². The van der Waals surface area contributed by atoms with E-state index in [2.05, 4.69) is 71.1 Å². The summed E-state index contributed by atoms with van der Waals surface area (Å²) >= 11 is 0. The second-order valence-electron chi connectivity index (χ2n) is 33.8. The van der Waals surface area contributed by atoms with Crippen molar-refractivity contribution in [3.8, 4) is 0 Å². The summed E-state index contributed by atoms with van der Waals surface area (Å²) in [4.78, 5) is 66.5. The molecule has 0 radical (unpaired) electrons. The highest BCUT2D eigenvalue weighted by molar-refractivity contribution is 7.47. The second-order valence-corrected chi connectivity index (χ2v) is 35.2. The molecule has 118 heavy (non-hydrogen) atoms. The van der Waals surface area contributed by atoms with E-state index in [-0.39, 0.29) is 32.1 Å². The van der Waals surface area contributed by atoms with Crippen LogP contribution in [-0.2, 0) is 70.7 Å². The molecule has 0 amide bonds. The van der Waals surface area contributed by atoms with Crippen LogP contribution in [0.1, 0.15) is 388 Å². The third kappa shape index (κ3) is 50.0. The molecule has 26 heteroatoms. The molecule has 3 aliphatic rings. The van der Waals surface area contributed by atoms with E-state index in [4.69, 9.17) is 46.9 Å². The number of ether oxygens (including phenoxy) is 8. The summed E-state index contributed by atoms with van der Waals surface area (Å²) in [5.41, 5.74) is 0. The number of allylic oxidation sites excluding steroid dienone is 6. The lowest BCUT2D eigenvalue weighted by Gasteiger charge is -2.50. The standard InChI is InChI=1S/C92H167O25P/c1-6-10-14-18-22-25-28-31-33-36-38-41-44-51-57-63-75(94)108-68-72(111-77(96)65-59-54-48-47-50-56-62-71(5)61-55-49-21-17-13-9-4)69-110-118(106,107)117-90-88(115-91-85(104)81(100)79(98)73(67-93)112-91)84(103)83(102)87(114-78(97)66-60-53-46-43-40-35-30-27-24-20-16-12-8-3)89(90)116-92-86(105)82(101)80(99)74(113-92)70-109-76(95)64-58-52-45-42-39-37-34-32-29-26-23-19-15-11-7-2/h25-26,28-29,35,40,71-74,79-93,98-105H,6-24,27,30-34,36-39,41-70H2,1-5H3,(H,106,107)/b28-25-,29-26-,40-35-. The van der Waals surface area contributed by atoms with Gasteiger partial charge in [0, 0.05) is 25.7 Å². The summed E-state index contributed by atoms with van der Waals surface area (Å²) in [5, 5.41) is 102. The maximum absolute atomic E-state index is 14.9. The van der Waals surface area contributed by atoms with Crippen LogP contribution in [0.4, 0.5) is 0 Å². The van der Waals surface area contributed by atoms with E-state index in [1.165, 1.54) is 128 Å². The van der Waals surface area contributed by atoms with Crippen molar-refractivity contribution in [2.45, 2.75) is 492 Å². The van der Waals surface area contributed by atoms with Gasteiger partial charge in [-0.2, -0.15) is 0 Å². The zero-order chi connectivity index (χ0) is 86.2. The lowest BCUT2D eigenvalue weighted by Crippen LogP contribution is -2.70. The Bertz CT molecular complexity index is 2610. The number of aliphatic hydroxyl groups is 9. The Kier molecular flexibility index (Phi) is 64.5. The summed E-state index contributed by atoms with van der Waals surface area (Å²) in [5.74, 6) is -2.33. The van der Waals surface area contributed by atoms with Gasteiger partial charge in [-0.1, -0.05) is 296 Å². The summed E-state index contributed by atoms with van der Waals surface area (Å²) in [6.07, 6.45) is 30.0. The lowest BCUT2D eigenvalue weighted by molar-refractivity contribution is -0.360. The SMILES string of the molecule is CCCCCC/C=C\CCCCCCCCCC(=O)OCC(COP(=O)(O)OC1C(OC2OC(CO)C(O)C(O)C2O)C(O)C(O)C(OC(=O)CCCCC/C=C\CCCCCCCC)C1OC1OC(COC(=O)CCCCCCCCC/C=C\CCCCCC)C(O)C(O)C1O)OC(=O)CCCCCCCCC(C)CCCCCCCC. The fourth-order valence-corrected chi connectivity index (χ4v) is 16.3. The predicted molar refractivity (Wildman–Crippen MR) is 458 cm³/mol. The number of esters is 4. The number of carbonyl (C=O) groups excluding carboxylic acids is 4. The van der Waals surface area contributed by atoms with Gasteiger partial charge in [0.1, 0.15) is 92.6 Å². The highest BCUT2D eigenvalue weighted by atomic mass is 31.2. The average Bonchev–Trinajstić information content (AvgIpc) is 0.754. The summed E-state index contributed by atoms with van der Waals surface area (Å²) in [6, 6.07) is 0. The Hall–Kier alpha value is -3.31. The van der Waals surface area contributed by atoms with Crippen LogP contribution in [0.15, 0.2) is 36.5 Å². The van der Waals surface area contributed by atoms with E-state index >= 15 is 0 Å². The first-order chi connectivity index (χ1) is 57.1. The zero-order valence-corrected chi connectivity index (χ0v) is 74.5. The lowest BCUT2D eigenvalue weighted by atomic mass is 9.84. The van der Waals surface area contributed by atoms with Gasteiger partial charge in [-0.3, -0.25) is 28.2 Å². The second kappa shape index (κ2) is 69.9. The number of hydrogen-bond donors (Lipinski definition) is 10. The maximum Gasteiger partial charge on any atom is 0.472 e. The molecule has 19 unspecified atom stereocenters. The van der Waals surface area contributed by atoms with Crippen molar-refractivity contribution in [3.63, 3.8) is 0 Å². The summed E-state index contributed by atoms with van der Waals surface area (Å²) in [7, 11) is -5.82. The minimum atomic E-state index is -5.82. The smallest absolute Gasteiger partial charge is 0.463 e. The molecule has 19 atom stereocenters. The molecular weight excluding hydrogens is 1540 g/mol. The van der Waals surface area contributed by atoms with E-state index < -0.39 is 162 Å². The van der Waals surface area contributed by atoms with Gasteiger partial charge in [0.05, 0.1) is 13.2 Å². The fourth-order valence-electron chi connectivity index (χ4n) is 15.4. The molecule has 2 aliphatic heterocycles. The molecule has 1 saturated carbocycles. The van der Waals surface area contributed by atoms with Crippen LogP contribution in [0.2, 0.25) is 0 Å². The van der Waals surface area contributed by atoms with Gasteiger partial charge in [0.15, 0.2) is 24.8 Å². The minimum Gasteiger partial charge on any atom is -0.463 e. The normalized spacial score (nSPS) is 25.3. The van der Waals surface area contributed by atoms with Crippen LogP contribution in [-0.4, -0.2) is 205 Å². The Morgan fingerprint density at radius 1 is 0.356 bits per heavy atom. The maximum atomic E-state index is 14.9. The van der Waals surface area contributed by atoms with Crippen molar-refractivity contribution in [1.82, 2.24) is 0 Å². The molecule has 2 saturated heterocycles. The van der Waals surface area contributed by atoms with Gasteiger partial charge in [0.2, 0.25) is 0 Å². The Labute approximate surface area is 710 Å². The molecule has 0 aromatic rings. The van der Waals surface area contributed by atoms with Crippen molar-refractivity contribution in [1.29, 1.82) is 0 Å². The molecule has 0 aromatic heterocycles. The van der Waals surface area contributed by atoms with Crippen molar-refractivity contribution in [2.75, 3.05) is 26.4 Å². The molecule has 0 aromatic carbocycles. The molecular formula is C92H167O25P. The molecule has 25 nitrogen and oxygen atoms in total. The fraction of sp³-hybridized carbons (Fsp3) is 0.891. The summed E-state index contributed by atoms with van der Waals surface area (Å²) < 4.78 is 73.4. The first-order valence-electron chi connectivity index (χ1n) is 47.1. The van der Waals surface area contributed by atoms with Crippen molar-refractivity contribution in [2.24, 2.45) is 5.92 Å². The highest BCUT2D eigenvalue weighted by Crippen LogP contribution is 2.49. The number of aliphatic hydroxyl groups excluding tert-OH is 9. The number of phosphoric acid groups is 1. The van der Waals surface area contributed by atoms with E-state index in [1.54, 1.807) is 0 Å². The van der Waals surface area contributed by atoms with E-state index in [1.807, 2.05) is 0 Å². The highest BCUT2D eigenvalue weighted by Gasteiger charge is 2.60. The quantitative estimate of drug-likeness (QED) is 0.00889. The Morgan fingerprint density at radius 3 is 1.11 bits per heavy atom. The molecule has 2 heterocycles. The monoisotopic (exact) mass is 1700 g/mol. The third-order valence-corrected chi connectivity index (χ3v) is 24.0. The average molecular weight is 1700 g/mol. The first kappa shape index (κ1) is 109. The molecule has 0 spiro atoms. The van der Waals surface area contributed by atoms with Crippen LogP contribution in [0.25, 0.3) is 0 Å². The number of unbranched alkanes of at least 4 members (excludes halogenated alkanes) is 41. The Balaban J connectivity index is 1.93. The number of phosphoric ester groups is 1. The molecule has 3 fully saturated rings. The van der Waals surface area contributed by atoms with E-state index in [9.17, 15) is 74.6 Å². The van der Waals surface area contributed by atoms with E-state index in [0.29, 0.717) is 38.0 Å². The van der Waals surface area contributed by atoms with Gasteiger partial charge in [0.25, 0.3) is 0 Å².